The lowest BCUT2D eigenvalue weighted by molar-refractivity contribution is -0.127. The number of hydrogen-bond donors (Lipinski definition) is 1. The van der Waals surface area contributed by atoms with Crippen molar-refractivity contribution >= 4 is 5.91 Å². The molecule has 1 saturated heterocycles. The van der Waals surface area contributed by atoms with E-state index in [9.17, 15) is 4.79 Å². The number of rotatable bonds is 6. The first kappa shape index (κ1) is 16.4. The number of hydrogen-bond acceptors (Lipinski definition) is 4. The highest BCUT2D eigenvalue weighted by Crippen LogP contribution is 2.26. The van der Waals surface area contributed by atoms with Crippen molar-refractivity contribution in [1.29, 1.82) is 0 Å². The van der Waals surface area contributed by atoms with Gasteiger partial charge in [-0.15, -0.1) is 0 Å². The van der Waals surface area contributed by atoms with Gasteiger partial charge in [-0.3, -0.25) is 14.6 Å². The van der Waals surface area contributed by atoms with Crippen molar-refractivity contribution in [3.63, 3.8) is 0 Å². The fraction of sp³-hybridized carbons (Fsp3) is 0.450. The molecule has 2 aliphatic rings. The van der Waals surface area contributed by atoms with Crippen LogP contribution in [0.3, 0.4) is 0 Å². The Labute approximate surface area is 148 Å². The Kier molecular flexibility index (Phi) is 4.85. The van der Waals surface area contributed by atoms with Crippen LogP contribution in [-0.2, 0) is 11.3 Å². The minimum Gasteiger partial charge on any atom is -0.468 e. The third-order valence-corrected chi connectivity index (χ3v) is 5.02. The van der Waals surface area contributed by atoms with Crippen LogP contribution in [0.1, 0.15) is 30.2 Å². The van der Waals surface area contributed by atoms with Crippen molar-refractivity contribution in [3.05, 3.63) is 60.1 Å². The molecule has 1 saturated carbocycles. The maximum Gasteiger partial charge on any atom is 0.242 e. The van der Waals surface area contributed by atoms with Gasteiger partial charge in [-0.05, 0) is 30.5 Å². The SMILES string of the molecule is O=C(NC1CC1)[C@@H](c1ccccc1)N1CCN(Cc2ccco2)CC1. The summed E-state index contributed by atoms with van der Waals surface area (Å²) < 4.78 is 5.45. The van der Waals surface area contributed by atoms with Crippen LogP contribution < -0.4 is 5.32 Å². The highest BCUT2D eigenvalue weighted by molar-refractivity contribution is 5.83. The smallest absolute Gasteiger partial charge is 0.242 e. The summed E-state index contributed by atoms with van der Waals surface area (Å²) in [6.07, 6.45) is 3.95. The normalized spacial score (nSPS) is 20.3. The Hall–Kier alpha value is -2.11. The van der Waals surface area contributed by atoms with Crippen LogP contribution in [0, 0.1) is 0 Å². The zero-order valence-corrected chi connectivity index (χ0v) is 14.4. The highest BCUT2D eigenvalue weighted by atomic mass is 16.3. The van der Waals surface area contributed by atoms with E-state index in [4.69, 9.17) is 4.42 Å². The number of furan rings is 1. The Morgan fingerprint density at radius 3 is 2.48 bits per heavy atom. The molecule has 1 aliphatic carbocycles. The molecule has 0 radical (unpaired) electrons. The molecule has 1 N–H and O–H groups in total. The topological polar surface area (TPSA) is 48.7 Å². The first-order valence-corrected chi connectivity index (χ1v) is 9.14. The molecule has 5 nitrogen and oxygen atoms in total. The number of carbonyl (C=O) groups is 1. The van der Waals surface area contributed by atoms with Gasteiger partial charge >= 0.3 is 0 Å². The molecule has 0 bridgehead atoms. The lowest BCUT2D eigenvalue weighted by atomic mass is 10.0. The Balaban J connectivity index is 1.42. The number of amides is 1. The van der Waals surface area contributed by atoms with E-state index >= 15 is 0 Å². The van der Waals surface area contributed by atoms with Gasteiger partial charge in [0.1, 0.15) is 11.8 Å². The molecule has 1 amide bonds. The van der Waals surface area contributed by atoms with Crippen molar-refractivity contribution in [2.24, 2.45) is 0 Å². The molecular weight excluding hydrogens is 314 g/mol. The summed E-state index contributed by atoms with van der Waals surface area (Å²) in [5.74, 6) is 1.15. The molecule has 5 heteroatoms. The average Bonchev–Trinajstić information content (AvgIpc) is 3.30. The van der Waals surface area contributed by atoms with E-state index in [-0.39, 0.29) is 11.9 Å². The zero-order chi connectivity index (χ0) is 17.1. The molecule has 2 fully saturated rings. The fourth-order valence-electron chi connectivity index (χ4n) is 3.47. The van der Waals surface area contributed by atoms with E-state index in [2.05, 4.69) is 27.2 Å². The van der Waals surface area contributed by atoms with Gasteiger partial charge in [-0.2, -0.15) is 0 Å². The van der Waals surface area contributed by atoms with E-state index < -0.39 is 0 Å². The summed E-state index contributed by atoms with van der Waals surface area (Å²) >= 11 is 0. The molecule has 1 aromatic carbocycles. The zero-order valence-electron chi connectivity index (χ0n) is 14.4. The standard InChI is InChI=1S/C20H25N3O2/c24-20(21-17-8-9-17)19(16-5-2-1-3-6-16)23-12-10-22(11-13-23)15-18-7-4-14-25-18/h1-7,14,17,19H,8-13,15H2,(H,21,24)/t19-/m1/s1. The Bertz CT molecular complexity index is 674. The van der Waals surface area contributed by atoms with Crippen molar-refractivity contribution in [2.75, 3.05) is 26.2 Å². The van der Waals surface area contributed by atoms with Gasteiger partial charge in [0.15, 0.2) is 0 Å². The molecule has 132 valence electrons. The molecule has 0 unspecified atom stereocenters. The molecule has 25 heavy (non-hydrogen) atoms. The molecule has 1 aliphatic heterocycles. The average molecular weight is 339 g/mol. The van der Waals surface area contributed by atoms with E-state index in [1.54, 1.807) is 6.26 Å². The van der Waals surface area contributed by atoms with Crippen molar-refractivity contribution < 1.29 is 9.21 Å². The van der Waals surface area contributed by atoms with Gasteiger partial charge in [0.2, 0.25) is 5.91 Å². The number of nitrogens with zero attached hydrogens (tertiary/aromatic N) is 2. The number of benzene rings is 1. The van der Waals surface area contributed by atoms with Gasteiger partial charge in [0.25, 0.3) is 0 Å². The predicted molar refractivity (Wildman–Crippen MR) is 95.9 cm³/mol. The lowest BCUT2D eigenvalue weighted by Gasteiger charge is -2.38. The van der Waals surface area contributed by atoms with Crippen molar-refractivity contribution in [3.8, 4) is 0 Å². The van der Waals surface area contributed by atoms with Gasteiger partial charge in [-0.25, -0.2) is 0 Å². The molecular formula is C20H25N3O2. The van der Waals surface area contributed by atoms with Gasteiger partial charge < -0.3 is 9.73 Å². The van der Waals surface area contributed by atoms with Gasteiger partial charge in [0, 0.05) is 32.2 Å². The summed E-state index contributed by atoms with van der Waals surface area (Å²) in [4.78, 5) is 17.5. The van der Waals surface area contributed by atoms with Crippen molar-refractivity contribution in [1.82, 2.24) is 15.1 Å². The van der Waals surface area contributed by atoms with E-state index in [0.717, 1.165) is 56.9 Å². The minimum atomic E-state index is -0.187. The third-order valence-electron chi connectivity index (χ3n) is 5.02. The van der Waals surface area contributed by atoms with Crippen molar-refractivity contribution in [2.45, 2.75) is 31.5 Å². The summed E-state index contributed by atoms with van der Waals surface area (Å²) in [7, 11) is 0. The van der Waals surface area contributed by atoms with Crippen LogP contribution in [-0.4, -0.2) is 47.9 Å². The van der Waals surface area contributed by atoms with E-state index in [0.29, 0.717) is 6.04 Å². The largest absolute Gasteiger partial charge is 0.468 e. The molecule has 2 heterocycles. The van der Waals surface area contributed by atoms with E-state index in [1.165, 1.54) is 0 Å². The summed E-state index contributed by atoms with van der Waals surface area (Å²) in [5, 5.41) is 3.19. The fourth-order valence-corrected chi connectivity index (χ4v) is 3.47. The van der Waals surface area contributed by atoms with Crippen LogP contribution in [0.2, 0.25) is 0 Å². The number of nitrogens with one attached hydrogen (secondary N) is 1. The first-order valence-electron chi connectivity index (χ1n) is 9.14. The van der Waals surface area contributed by atoms with E-state index in [1.807, 2.05) is 30.3 Å². The summed E-state index contributed by atoms with van der Waals surface area (Å²) in [5.41, 5.74) is 1.08. The monoisotopic (exact) mass is 339 g/mol. The maximum absolute atomic E-state index is 12.8. The minimum absolute atomic E-state index is 0.146. The number of carbonyl (C=O) groups excluding carboxylic acids is 1. The summed E-state index contributed by atoms with van der Waals surface area (Å²) in [6.45, 7) is 4.50. The molecule has 0 spiro atoms. The quantitative estimate of drug-likeness (QED) is 0.878. The Morgan fingerprint density at radius 2 is 1.84 bits per heavy atom. The molecule has 1 aromatic heterocycles. The second kappa shape index (κ2) is 7.42. The van der Waals surface area contributed by atoms with Crippen LogP contribution in [0.25, 0.3) is 0 Å². The highest BCUT2D eigenvalue weighted by Gasteiger charge is 2.33. The molecule has 2 aromatic rings. The van der Waals surface area contributed by atoms with Crippen LogP contribution in [0.4, 0.5) is 0 Å². The second-order valence-corrected chi connectivity index (χ2v) is 6.99. The third kappa shape index (κ3) is 4.11. The molecule has 4 rings (SSSR count). The maximum atomic E-state index is 12.8. The van der Waals surface area contributed by atoms with Gasteiger partial charge in [-0.1, -0.05) is 30.3 Å². The Morgan fingerprint density at radius 1 is 1.08 bits per heavy atom. The predicted octanol–water partition coefficient (Wildman–Crippen LogP) is 2.42. The first-order chi connectivity index (χ1) is 12.3. The molecule has 1 atom stereocenters. The van der Waals surface area contributed by atoms with Crippen LogP contribution in [0.15, 0.2) is 53.1 Å². The lowest BCUT2D eigenvalue weighted by Crippen LogP contribution is -2.50. The summed E-state index contributed by atoms with van der Waals surface area (Å²) in [6, 6.07) is 14.3. The van der Waals surface area contributed by atoms with Crippen LogP contribution in [0.5, 0.6) is 0 Å². The van der Waals surface area contributed by atoms with Gasteiger partial charge in [0.05, 0.1) is 12.8 Å². The van der Waals surface area contributed by atoms with Crippen LogP contribution >= 0.6 is 0 Å². The number of piperazine rings is 1. The second-order valence-electron chi connectivity index (χ2n) is 6.99.